The van der Waals surface area contributed by atoms with Gasteiger partial charge in [0.25, 0.3) is 5.91 Å². The fourth-order valence-corrected chi connectivity index (χ4v) is 2.95. The summed E-state index contributed by atoms with van der Waals surface area (Å²) in [5.74, 6) is -0.308. The monoisotopic (exact) mass is 311 g/mol. The van der Waals surface area contributed by atoms with E-state index in [2.05, 4.69) is 5.32 Å². The van der Waals surface area contributed by atoms with Gasteiger partial charge >= 0.3 is 0 Å². The van der Waals surface area contributed by atoms with Crippen LogP contribution in [0.2, 0.25) is 0 Å². The molecule has 2 rings (SSSR count). The van der Waals surface area contributed by atoms with Crippen molar-refractivity contribution in [1.82, 2.24) is 15.1 Å². The average molecular weight is 311 g/mol. The van der Waals surface area contributed by atoms with Crippen LogP contribution >= 0.6 is 0 Å². The van der Waals surface area contributed by atoms with E-state index < -0.39 is 5.60 Å². The van der Waals surface area contributed by atoms with E-state index in [1.165, 1.54) is 0 Å². The molecule has 0 saturated carbocycles. The number of likely N-dealkylation sites (N-methyl/N-ethyl adjacent to an activating group) is 1. The van der Waals surface area contributed by atoms with Gasteiger partial charge in [0.15, 0.2) is 5.60 Å². The van der Waals surface area contributed by atoms with E-state index in [0.717, 1.165) is 19.3 Å². The van der Waals surface area contributed by atoms with Gasteiger partial charge in [0.2, 0.25) is 11.8 Å². The predicted molar refractivity (Wildman–Crippen MR) is 80.1 cm³/mol. The van der Waals surface area contributed by atoms with Crippen molar-refractivity contribution in [3.63, 3.8) is 0 Å². The molecule has 0 aromatic carbocycles. The first kappa shape index (κ1) is 16.7. The molecule has 0 aliphatic carbocycles. The van der Waals surface area contributed by atoms with Crippen molar-refractivity contribution in [3.8, 4) is 0 Å². The Morgan fingerprint density at radius 2 is 2.05 bits per heavy atom. The van der Waals surface area contributed by atoms with E-state index in [1.807, 2.05) is 0 Å². The third-order valence-electron chi connectivity index (χ3n) is 4.33. The Morgan fingerprint density at radius 3 is 2.77 bits per heavy atom. The Kier molecular flexibility index (Phi) is 5.39. The second-order valence-corrected chi connectivity index (χ2v) is 6.10. The van der Waals surface area contributed by atoms with Crippen LogP contribution in [0.15, 0.2) is 0 Å². The van der Waals surface area contributed by atoms with Crippen LogP contribution < -0.4 is 5.32 Å². The smallest absolute Gasteiger partial charge is 0.253 e. The van der Waals surface area contributed by atoms with Crippen LogP contribution in [0.25, 0.3) is 0 Å². The summed E-state index contributed by atoms with van der Waals surface area (Å²) in [5.41, 5.74) is -1.02. The normalized spacial score (nSPS) is 26.5. The second-order valence-electron chi connectivity index (χ2n) is 6.10. The minimum atomic E-state index is -1.02. The van der Waals surface area contributed by atoms with E-state index in [0.29, 0.717) is 26.1 Å². The predicted octanol–water partition coefficient (Wildman–Crippen LogP) is -0.247. The Bertz CT molecular complexity index is 454. The highest BCUT2D eigenvalue weighted by atomic mass is 16.5. The topological polar surface area (TPSA) is 79.0 Å². The molecule has 2 saturated heterocycles. The van der Waals surface area contributed by atoms with Crippen LogP contribution in [0.4, 0.5) is 0 Å². The number of morpholine rings is 1. The SMILES string of the molecule is CNC(=O)C1(C)CN(C(=O)CN2CCCCCC2=O)CCO1. The Labute approximate surface area is 131 Å². The van der Waals surface area contributed by atoms with Crippen molar-refractivity contribution in [2.45, 2.75) is 38.2 Å². The molecule has 0 aromatic heterocycles. The number of ether oxygens (including phenoxy) is 1. The first-order chi connectivity index (χ1) is 10.5. The van der Waals surface area contributed by atoms with Gasteiger partial charge in [0, 0.05) is 26.6 Å². The molecule has 0 radical (unpaired) electrons. The highest BCUT2D eigenvalue weighted by molar-refractivity contribution is 5.88. The quantitative estimate of drug-likeness (QED) is 0.780. The number of nitrogens with one attached hydrogen (secondary N) is 1. The molecule has 3 amide bonds. The van der Waals surface area contributed by atoms with Gasteiger partial charge in [-0.2, -0.15) is 0 Å². The summed E-state index contributed by atoms with van der Waals surface area (Å²) in [6.07, 6.45) is 3.39. The zero-order valence-electron chi connectivity index (χ0n) is 13.4. The molecule has 124 valence electrons. The second kappa shape index (κ2) is 7.09. The third kappa shape index (κ3) is 3.76. The number of hydrogen-bond acceptors (Lipinski definition) is 4. The maximum absolute atomic E-state index is 12.5. The van der Waals surface area contributed by atoms with Gasteiger partial charge in [-0.15, -0.1) is 0 Å². The lowest BCUT2D eigenvalue weighted by Gasteiger charge is -2.39. The summed E-state index contributed by atoms with van der Waals surface area (Å²) < 4.78 is 5.54. The molecule has 1 atom stereocenters. The average Bonchev–Trinajstić information content (AvgIpc) is 2.71. The molecule has 7 heteroatoms. The molecule has 2 fully saturated rings. The van der Waals surface area contributed by atoms with E-state index in [9.17, 15) is 14.4 Å². The number of nitrogens with zero attached hydrogens (tertiary/aromatic N) is 2. The Hall–Kier alpha value is -1.63. The van der Waals surface area contributed by atoms with Gasteiger partial charge in [-0.3, -0.25) is 14.4 Å². The van der Waals surface area contributed by atoms with Crippen LogP contribution in [0.1, 0.15) is 32.6 Å². The molecule has 2 aliphatic rings. The van der Waals surface area contributed by atoms with Gasteiger partial charge in [-0.25, -0.2) is 0 Å². The zero-order valence-corrected chi connectivity index (χ0v) is 13.4. The Balaban J connectivity index is 1.97. The van der Waals surface area contributed by atoms with Crippen molar-refractivity contribution >= 4 is 17.7 Å². The van der Waals surface area contributed by atoms with E-state index in [4.69, 9.17) is 4.74 Å². The lowest BCUT2D eigenvalue weighted by atomic mass is 10.0. The van der Waals surface area contributed by atoms with Crippen molar-refractivity contribution in [2.75, 3.05) is 39.8 Å². The van der Waals surface area contributed by atoms with E-state index in [1.54, 1.807) is 23.8 Å². The zero-order chi connectivity index (χ0) is 16.2. The van der Waals surface area contributed by atoms with Gasteiger partial charge < -0.3 is 19.9 Å². The van der Waals surface area contributed by atoms with E-state index in [-0.39, 0.29) is 30.8 Å². The number of likely N-dealkylation sites (tertiary alicyclic amines) is 1. The minimum Gasteiger partial charge on any atom is -0.362 e. The summed E-state index contributed by atoms with van der Waals surface area (Å²) in [6.45, 7) is 3.41. The van der Waals surface area contributed by atoms with Crippen LogP contribution in [0.5, 0.6) is 0 Å². The highest BCUT2D eigenvalue weighted by Gasteiger charge is 2.40. The molecule has 2 aliphatic heterocycles. The van der Waals surface area contributed by atoms with Crippen molar-refractivity contribution in [1.29, 1.82) is 0 Å². The van der Waals surface area contributed by atoms with Crippen molar-refractivity contribution in [3.05, 3.63) is 0 Å². The van der Waals surface area contributed by atoms with Gasteiger partial charge in [0.1, 0.15) is 0 Å². The highest BCUT2D eigenvalue weighted by Crippen LogP contribution is 2.19. The lowest BCUT2D eigenvalue weighted by molar-refractivity contribution is -0.163. The molecular weight excluding hydrogens is 286 g/mol. The van der Waals surface area contributed by atoms with Gasteiger partial charge in [0.05, 0.1) is 19.7 Å². The van der Waals surface area contributed by atoms with Crippen molar-refractivity contribution in [2.24, 2.45) is 0 Å². The van der Waals surface area contributed by atoms with Crippen LogP contribution in [0.3, 0.4) is 0 Å². The number of carbonyl (C=O) groups excluding carboxylic acids is 3. The molecule has 0 bridgehead atoms. The summed E-state index contributed by atoms with van der Waals surface area (Å²) in [6, 6.07) is 0. The Morgan fingerprint density at radius 1 is 1.27 bits per heavy atom. The minimum absolute atomic E-state index is 0.0492. The maximum Gasteiger partial charge on any atom is 0.253 e. The molecular formula is C15H25N3O4. The first-order valence-corrected chi connectivity index (χ1v) is 7.88. The van der Waals surface area contributed by atoms with Crippen LogP contribution in [-0.4, -0.2) is 73.0 Å². The number of amides is 3. The van der Waals surface area contributed by atoms with E-state index >= 15 is 0 Å². The van der Waals surface area contributed by atoms with Crippen LogP contribution in [0, 0.1) is 0 Å². The summed E-state index contributed by atoms with van der Waals surface area (Å²) in [5, 5.41) is 2.56. The summed E-state index contributed by atoms with van der Waals surface area (Å²) in [7, 11) is 1.55. The fourth-order valence-electron chi connectivity index (χ4n) is 2.95. The molecule has 2 heterocycles. The molecule has 0 aromatic rings. The maximum atomic E-state index is 12.5. The number of carbonyl (C=O) groups is 3. The number of rotatable bonds is 3. The number of hydrogen-bond donors (Lipinski definition) is 1. The molecule has 22 heavy (non-hydrogen) atoms. The fraction of sp³-hybridized carbons (Fsp3) is 0.800. The summed E-state index contributed by atoms with van der Waals surface area (Å²) in [4.78, 5) is 39.6. The van der Waals surface area contributed by atoms with Crippen LogP contribution in [-0.2, 0) is 19.1 Å². The molecule has 1 N–H and O–H groups in total. The molecule has 0 spiro atoms. The van der Waals surface area contributed by atoms with Crippen molar-refractivity contribution < 1.29 is 19.1 Å². The molecule has 1 unspecified atom stereocenters. The summed E-state index contributed by atoms with van der Waals surface area (Å²) >= 11 is 0. The first-order valence-electron chi connectivity index (χ1n) is 7.88. The largest absolute Gasteiger partial charge is 0.362 e. The lowest BCUT2D eigenvalue weighted by Crippen LogP contribution is -2.60. The third-order valence-corrected chi connectivity index (χ3v) is 4.33. The van der Waals surface area contributed by atoms with Gasteiger partial charge in [-0.1, -0.05) is 6.42 Å². The molecule has 7 nitrogen and oxygen atoms in total. The standard InChI is InChI=1S/C15H25N3O4/c1-15(14(21)16-2)11-18(8-9-22-15)13(20)10-17-7-5-3-4-6-12(17)19/h3-11H2,1-2H3,(H,16,21). The van der Waals surface area contributed by atoms with Gasteiger partial charge in [-0.05, 0) is 19.8 Å².